The predicted octanol–water partition coefficient (Wildman–Crippen LogP) is 19.1. The van der Waals surface area contributed by atoms with Crippen LogP contribution in [-0.4, -0.2) is 37.9 Å². The van der Waals surface area contributed by atoms with Gasteiger partial charge in [0, 0.05) is 19.4 Å². The summed E-state index contributed by atoms with van der Waals surface area (Å²) in [5.41, 5.74) is 0. The highest BCUT2D eigenvalue weighted by molar-refractivity contribution is 5.70. The fourth-order valence-electron chi connectivity index (χ4n) is 7.12. The Bertz CT molecular complexity index is 1430. The van der Waals surface area contributed by atoms with Gasteiger partial charge in [-0.1, -0.05) is 231 Å². The van der Waals surface area contributed by atoms with Crippen molar-refractivity contribution in [3.05, 3.63) is 134 Å². The fraction of sp³-hybridized carbons (Fsp3) is 0.619. The third kappa shape index (κ3) is 54.6. The molecule has 0 rings (SSSR count). The molecule has 0 aromatic heterocycles. The summed E-state index contributed by atoms with van der Waals surface area (Å²) in [4.78, 5) is 25.4. The minimum atomic E-state index is -0.615. The molecule has 0 aromatic carbocycles. The first-order valence-electron chi connectivity index (χ1n) is 27.7. The molecule has 0 amide bonds. The summed E-state index contributed by atoms with van der Waals surface area (Å²) in [5.74, 6) is -0.532. The summed E-state index contributed by atoms with van der Waals surface area (Å²) in [6, 6.07) is 0. The number of unbranched alkanes of at least 4 members (excludes halogenated alkanes) is 16. The van der Waals surface area contributed by atoms with Crippen LogP contribution in [0.25, 0.3) is 0 Å². The van der Waals surface area contributed by atoms with Crippen molar-refractivity contribution in [3.63, 3.8) is 0 Å². The first-order valence-corrected chi connectivity index (χ1v) is 27.7. The van der Waals surface area contributed by atoms with Crippen molar-refractivity contribution in [2.45, 2.75) is 232 Å². The predicted molar refractivity (Wildman–Crippen MR) is 297 cm³/mol. The number of carbonyl (C=O) groups is 2. The topological polar surface area (TPSA) is 61.8 Å². The van der Waals surface area contributed by atoms with Gasteiger partial charge < -0.3 is 14.2 Å². The second-order valence-electron chi connectivity index (χ2n) is 17.7. The highest BCUT2D eigenvalue weighted by atomic mass is 16.6. The summed E-state index contributed by atoms with van der Waals surface area (Å²) in [7, 11) is 0. The number of allylic oxidation sites excluding steroid dienone is 22. The lowest BCUT2D eigenvalue weighted by Gasteiger charge is -2.18. The molecule has 0 aromatic rings. The Balaban J connectivity index is 4.43. The van der Waals surface area contributed by atoms with E-state index in [1.807, 2.05) is 6.08 Å². The molecular formula is C63H102O5. The van der Waals surface area contributed by atoms with Crippen LogP contribution >= 0.6 is 0 Å². The Kier molecular flexibility index (Phi) is 54.0. The Labute approximate surface area is 419 Å². The second-order valence-corrected chi connectivity index (χ2v) is 17.7. The Morgan fingerprint density at radius 3 is 1.13 bits per heavy atom. The van der Waals surface area contributed by atoms with Crippen LogP contribution in [0.2, 0.25) is 0 Å². The van der Waals surface area contributed by atoms with Gasteiger partial charge in [-0.3, -0.25) is 9.59 Å². The molecule has 5 nitrogen and oxygen atoms in total. The van der Waals surface area contributed by atoms with Crippen LogP contribution in [-0.2, 0) is 23.8 Å². The largest absolute Gasteiger partial charge is 0.462 e. The number of carbonyl (C=O) groups excluding carboxylic acids is 2. The van der Waals surface area contributed by atoms with E-state index in [9.17, 15) is 9.59 Å². The number of hydrogen-bond acceptors (Lipinski definition) is 5. The SMILES string of the molecule is CC/C=C\C/C=C\C/C=C\C/C=C\C/C=C\C/C=C\CCCOCC(COC(=O)CCCCCCCCCCC/C=C\CCCCCCCC)OC(=O)CC/C=C\C/C=C\C/C=C\C/C=C\CC. The van der Waals surface area contributed by atoms with Gasteiger partial charge in [0.15, 0.2) is 6.10 Å². The van der Waals surface area contributed by atoms with E-state index in [0.29, 0.717) is 19.4 Å². The summed E-state index contributed by atoms with van der Waals surface area (Å²) < 4.78 is 17.3. The lowest BCUT2D eigenvalue weighted by Crippen LogP contribution is -2.30. The van der Waals surface area contributed by atoms with E-state index in [4.69, 9.17) is 14.2 Å². The second kappa shape index (κ2) is 57.4. The summed E-state index contributed by atoms with van der Waals surface area (Å²) in [6.45, 7) is 7.36. The van der Waals surface area contributed by atoms with Crippen molar-refractivity contribution in [2.75, 3.05) is 19.8 Å². The monoisotopic (exact) mass is 939 g/mol. The van der Waals surface area contributed by atoms with Crippen molar-refractivity contribution in [1.82, 2.24) is 0 Å². The smallest absolute Gasteiger partial charge is 0.306 e. The first-order chi connectivity index (χ1) is 33.6. The number of rotatable bonds is 49. The van der Waals surface area contributed by atoms with Gasteiger partial charge in [0.2, 0.25) is 0 Å². The van der Waals surface area contributed by atoms with E-state index < -0.39 is 6.10 Å². The molecule has 0 N–H and O–H groups in total. The lowest BCUT2D eigenvalue weighted by atomic mass is 10.1. The molecule has 0 radical (unpaired) electrons. The molecule has 0 saturated carbocycles. The van der Waals surface area contributed by atoms with Crippen molar-refractivity contribution in [1.29, 1.82) is 0 Å². The van der Waals surface area contributed by atoms with Gasteiger partial charge in [-0.2, -0.15) is 0 Å². The van der Waals surface area contributed by atoms with Gasteiger partial charge in [0.1, 0.15) is 6.61 Å². The van der Waals surface area contributed by atoms with Crippen molar-refractivity contribution in [3.8, 4) is 0 Å². The van der Waals surface area contributed by atoms with Crippen LogP contribution in [0.4, 0.5) is 0 Å². The maximum atomic E-state index is 12.8. The molecule has 5 heteroatoms. The minimum absolute atomic E-state index is 0.0244. The molecule has 0 fully saturated rings. The van der Waals surface area contributed by atoms with Crippen LogP contribution in [0.1, 0.15) is 226 Å². The van der Waals surface area contributed by atoms with E-state index in [1.165, 1.54) is 89.9 Å². The van der Waals surface area contributed by atoms with E-state index >= 15 is 0 Å². The molecule has 384 valence electrons. The van der Waals surface area contributed by atoms with E-state index in [2.05, 4.69) is 148 Å². The standard InChI is InChI=1S/C63H102O5/c1-4-7-10-13-16-19-22-25-27-29-31-33-35-37-40-43-46-49-52-55-58-66-59-61(68-63(65)57-54-51-48-45-42-38-24-21-18-15-12-9-6-3)60-67-62(64)56-53-50-47-44-41-39-36-34-32-30-28-26-23-20-17-14-11-8-5-2/h7,9-10,12,16,18-19,21,25-28,31,33,37-38,40,42,46,48-49,51,61H,4-6,8,11,13-15,17,20,22-24,29-30,32,34-36,39,41,43-45,47,50,52-60H2,1-3H3/b10-7-,12-9-,19-16-,21-18-,27-25-,28-26-,33-31-,40-37-,42-38-,49-46-,51-48-. The average Bonchev–Trinajstić information content (AvgIpc) is 3.34. The number of hydrogen-bond donors (Lipinski definition) is 0. The molecule has 68 heavy (non-hydrogen) atoms. The Hall–Kier alpha value is -3.96. The molecule has 1 atom stereocenters. The zero-order valence-electron chi connectivity index (χ0n) is 44.1. The normalized spacial score (nSPS) is 13.3. The minimum Gasteiger partial charge on any atom is -0.462 e. The van der Waals surface area contributed by atoms with Crippen LogP contribution in [0, 0.1) is 0 Å². The van der Waals surface area contributed by atoms with Gasteiger partial charge >= 0.3 is 11.9 Å². The molecule has 0 aliphatic rings. The first kappa shape index (κ1) is 64.0. The summed E-state index contributed by atoms with van der Waals surface area (Å²) >= 11 is 0. The fourth-order valence-corrected chi connectivity index (χ4v) is 7.12. The quantitative estimate of drug-likeness (QED) is 0.0345. The zero-order valence-corrected chi connectivity index (χ0v) is 44.1. The van der Waals surface area contributed by atoms with E-state index in [1.54, 1.807) is 0 Å². The molecule has 0 saturated heterocycles. The lowest BCUT2D eigenvalue weighted by molar-refractivity contribution is -0.162. The maximum Gasteiger partial charge on any atom is 0.306 e. The molecule has 0 aliphatic heterocycles. The third-order valence-corrected chi connectivity index (χ3v) is 11.2. The summed E-state index contributed by atoms with van der Waals surface area (Å²) in [5, 5.41) is 0. The molecule has 1 unspecified atom stereocenters. The van der Waals surface area contributed by atoms with E-state index in [0.717, 1.165) is 96.3 Å². The molecular weight excluding hydrogens is 837 g/mol. The van der Waals surface area contributed by atoms with Crippen molar-refractivity contribution in [2.24, 2.45) is 0 Å². The van der Waals surface area contributed by atoms with Gasteiger partial charge in [-0.15, -0.1) is 0 Å². The highest BCUT2D eigenvalue weighted by Crippen LogP contribution is 2.13. The van der Waals surface area contributed by atoms with Crippen LogP contribution in [0.15, 0.2) is 134 Å². The molecule has 0 bridgehead atoms. The van der Waals surface area contributed by atoms with E-state index in [-0.39, 0.29) is 31.6 Å². The Morgan fingerprint density at radius 2 is 0.691 bits per heavy atom. The van der Waals surface area contributed by atoms with Crippen molar-refractivity contribution >= 4 is 11.9 Å². The number of ether oxygens (including phenoxy) is 3. The Morgan fingerprint density at radius 1 is 0.338 bits per heavy atom. The molecule has 0 heterocycles. The number of esters is 2. The van der Waals surface area contributed by atoms with Gasteiger partial charge in [-0.25, -0.2) is 0 Å². The zero-order chi connectivity index (χ0) is 49.2. The third-order valence-electron chi connectivity index (χ3n) is 11.2. The highest BCUT2D eigenvalue weighted by Gasteiger charge is 2.17. The average molecular weight is 940 g/mol. The van der Waals surface area contributed by atoms with Crippen LogP contribution in [0.5, 0.6) is 0 Å². The maximum absolute atomic E-state index is 12.8. The van der Waals surface area contributed by atoms with Crippen LogP contribution in [0.3, 0.4) is 0 Å². The molecule has 0 aliphatic carbocycles. The van der Waals surface area contributed by atoms with Crippen molar-refractivity contribution < 1.29 is 23.8 Å². The van der Waals surface area contributed by atoms with Gasteiger partial charge in [-0.05, 0) is 116 Å². The molecule has 0 spiro atoms. The van der Waals surface area contributed by atoms with Gasteiger partial charge in [0.05, 0.1) is 6.61 Å². The van der Waals surface area contributed by atoms with Crippen LogP contribution < -0.4 is 0 Å². The summed E-state index contributed by atoms with van der Waals surface area (Å²) in [6.07, 6.45) is 82.1. The van der Waals surface area contributed by atoms with Gasteiger partial charge in [0.25, 0.3) is 0 Å².